The highest BCUT2D eigenvalue weighted by atomic mass is 35.5. The molecule has 0 aliphatic heterocycles. The van der Waals surface area contributed by atoms with E-state index in [1.807, 2.05) is 18.2 Å². The average molecular weight is 235 g/mol. The first-order valence-corrected chi connectivity index (χ1v) is 5.45. The number of benzene rings is 2. The molecule has 2 heteroatoms. The highest BCUT2D eigenvalue weighted by Gasteiger charge is 1.96. The summed E-state index contributed by atoms with van der Waals surface area (Å²) in [5, 5.41) is 9.62. The van der Waals surface area contributed by atoms with Crippen LogP contribution in [0.2, 0.25) is 5.02 Å². The van der Waals surface area contributed by atoms with E-state index in [0.29, 0.717) is 5.02 Å². The van der Waals surface area contributed by atoms with E-state index in [-0.39, 0.29) is 5.75 Å². The number of rotatable bonds is 0. The van der Waals surface area contributed by atoms with Crippen molar-refractivity contribution in [1.82, 2.24) is 0 Å². The minimum Gasteiger partial charge on any atom is -0.508 e. The maximum atomic E-state index is 9.02. The zero-order valence-corrected chi connectivity index (χ0v) is 10.2. The molecule has 2 rings (SSSR count). The summed E-state index contributed by atoms with van der Waals surface area (Å²) in [6.45, 7) is 3.86. The predicted molar refractivity (Wildman–Crippen MR) is 69.0 cm³/mol. The smallest absolute Gasteiger partial charge is 0.119 e. The van der Waals surface area contributed by atoms with E-state index in [0.717, 1.165) is 5.56 Å². The van der Waals surface area contributed by atoms with Crippen LogP contribution in [0.5, 0.6) is 5.75 Å². The van der Waals surface area contributed by atoms with E-state index in [1.54, 1.807) is 25.1 Å². The molecule has 0 spiro atoms. The molecule has 0 unspecified atom stereocenters. The van der Waals surface area contributed by atoms with E-state index >= 15 is 0 Å². The first kappa shape index (κ1) is 12.6. The Morgan fingerprint density at radius 3 is 1.88 bits per heavy atom. The molecule has 0 bridgehead atoms. The fourth-order valence-electron chi connectivity index (χ4n) is 1.13. The Morgan fingerprint density at radius 2 is 1.50 bits per heavy atom. The summed E-state index contributed by atoms with van der Waals surface area (Å²) in [5.41, 5.74) is 2.06. The second-order valence-electron chi connectivity index (χ2n) is 3.54. The van der Waals surface area contributed by atoms with Crippen LogP contribution in [-0.2, 0) is 0 Å². The van der Waals surface area contributed by atoms with Gasteiger partial charge in [-0.15, -0.1) is 0 Å². The van der Waals surface area contributed by atoms with Crippen LogP contribution in [0, 0.1) is 13.8 Å². The number of phenols is 1. The molecule has 1 N–H and O–H groups in total. The lowest BCUT2D eigenvalue weighted by Crippen LogP contribution is -1.73. The lowest BCUT2D eigenvalue weighted by atomic mass is 10.2. The van der Waals surface area contributed by atoms with Gasteiger partial charge in [0.15, 0.2) is 0 Å². The molecule has 0 saturated carbocycles. The number of aromatic hydroxyl groups is 1. The highest BCUT2D eigenvalue weighted by Crippen LogP contribution is 2.22. The molecule has 0 aliphatic rings. The van der Waals surface area contributed by atoms with Gasteiger partial charge < -0.3 is 5.11 Å². The molecule has 0 aromatic heterocycles. The second-order valence-corrected chi connectivity index (χ2v) is 3.95. The maximum Gasteiger partial charge on any atom is 0.119 e. The molecule has 0 aliphatic carbocycles. The van der Waals surface area contributed by atoms with Crippen molar-refractivity contribution in [2.75, 3.05) is 0 Å². The van der Waals surface area contributed by atoms with Crippen LogP contribution in [0.25, 0.3) is 0 Å². The normalized spacial score (nSPS) is 9.19. The van der Waals surface area contributed by atoms with Crippen molar-refractivity contribution in [2.45, 2.75) is 13.8 Å². The molecular formula is C14H15ClO. The highest BCUT2D eigenvalue weighted by molar-refractivity contribution is 6.31. The summed E-state index contributed by atoms with van der Waals surface area (Å²) in [4.78, 5) is 0. The standard InChI is InChI=1S/C7H7ClO.C7H8/c1-5-6(8)3-2-4-7(5)9;1-7-5-3-2-4-6-7/h2-4,9H,1H3;2-6H,1H3. The van der Waals surface area contributed by atoms with Crippen molar-refractivity contribution in [3.05, 3.63) is 64.7 Å². The topological polar surface area (TPSA) is 20.2 Å². The minimum atomic E-state index is 0.252. The summed E-state index contributed by atoms with van der Waals surface area (Å²) in [7, 11) is 0. The third kappa shape index (κ3) is 3.95. The number of aryl methyl sites for hydroxylation is 1. The number of halogens is 1. The Hall–Kier alpha value is -1.47. The number of hydrogen-bond acceptors (Lipinski definition) is 1. The molecule has 1 nitrogen and oxygen atoms in total. The summed E-state index contributed by atoms with van der Waals surface area (Å²) in [6, 6.07) is 15.3. The van der Waals surface area contributed by atoms with Crippen LogP contribution in [0.1, 0.15) is 11.1 Å². The minimum absolute atomic E-state index is 0.252. The molecule has 0 fully saturated rings. The predicted octanol–water partition coefficient (Wildman–Crippen LogP) is 4.35. The first-order valence-electron chi connectivity index (χ1n) is 5.07. The zero-order valence-electron chi connectivity index (χ0n) is 9.44. The summed E-state index contributed by atoms with van der Waals surface area (Å²) >= 11 is 5.65. The van der Waals surface area contributed by atoms with Crippen molar-refractivity contribution in [3.63, 3.8) is 0 Å². The van der Waals surface area contributed by atoms with Crippen molar-refractivity contribution >= 4 is 11.6 Å². The SMILES string of the molecule is Cc1c(O)cccc1Cl.Cc1ccccc1. The van der Waals surface area contributed by atoms with Gasteiger partial charge in [0.05, 0.1) is 0 Å². The molecule has 0 heterocycles. The molecule has 0 atom stereocenters. The quantitative estimate of drug-likeness (QED) is 0.719. The van der Waals surface area contributed by atoms with Crippen LogP contribution in [-0.4, -0.2) is 5.11 Å². The van der Waals surface area contributed by atoms with Gasteiger partial charge in [-0.25, -0.2) is 0 Å². The monoisotopic (exact) mass is 234 g/mol. The first-order chi connectivity index (χ1) is 7.61. The van der Waals surface area contributed by atoms with Crippen LogP contribution in [0.4, 0.5) is 0 Å². The van der Waals surface area contributed by atoms with Crippen LogP contribution < -0.4 is 0 Å². The summed E-state index contributed by atoms with van der Waals surface area (Å²) in [6.07, 6.45) is 0. The van der Waals surface area contributed by atoms with Gasteiger partial charge in [0.1, 0.15) is 5.75 Å². The number of hydrogen-bond donors (Lipinski definition) is 1. The third-order valence-electron chi connectivity index (χ3n) is 2.18. The third-order valence-corrected chi connectivity index (χ3v) is 2.59. The van der Waals surface area contributed by atoms with Gasteiger partial charge in [0, 0.05) is 10.6 Å². The van der Waals surface area contributed by atoms with Gasteiger partial charge >= 0.3 is 0 Å². The van der Waals surface area contributed by atoms with E-state index in [2.05, 4.69) is 19.1 Å². The molecule has 2 aromatic carbocycles. The van der Waals surface area contributed by atoms with E-state index in [1.165, 1.54) is 5.56 Å². The number of phenolic OH excluding ortho intramolecular Hbond substituents is 1. The van der Waals surface area contributed by atoms with Gasteiger partial charge in [-0.2, -0.15) is 0 Å². The molecule has 0 saturated heterocycles. The molecule has 0 amide bonds. The summed E-state index contributed by atoms with van der Waals surface area (Å²) < 4.78 is 0. The van der Waals surface area contributed by atoms with E-state index < -0.39 is 0 Å². The van der Waals surface area contributed by atoms with E-state index in [4.69, 9.17) is 16.7 Å². The lowest BCUT2D eigenvalue weighted by molar-refractivity contribution is 0.471. The fourth-order valence-corrected chi connectivity index (χ4v) is 1.30. The van der Waals surface area contributed by atoms with Gasteiger partial charge in [-0.3, -0.25) is 0 Å². The van der Waals surface area contributed by atoms with Crippen LogP contribution in [0.3, 0.4) is 0 Å². The Bertz CT molecular complexity index is 417. The molecule has 84 valence electrons. The average Bonchev–Trinajstić information content (AvgIpc) is 2.28. The van der Waals surface area contributed by atoms with Crippen molar-refractivity contribution in [2.24, 2.45) is 0 Å². The van der Waals surface area contributed by atoms with Crippen molar-refractivity contribution < 1.29 is 5.11 Å². The van der Waals surface area contributed by atoms with E-state index in [9.17, 15) is 0 Å². The Labute approximate surface area is 101 Å². The van der Waals surface area contributed by atoms with Gasteiger partial charge in [-0.1, -0.05) is 53.6 Å². The van der Waals surface area contributed by atoms with Gasteiger partial charge in [0.25, 0.3) is 0 Å². The van der Waals surface area contributed by atoms with Crippen LogP contribution in [0.15, 0.2) is 48.5 Å². The van der Waals surface area contributed by atoms with Crippen molar-refractivity contribution in [1.29, 1.82) is 0 Å². The lowest BCUT2D eigenvalue weighted by Gasteiger charge is -1.97. The molecule has 2 aromatic rings. The Balaban J connectivity index is 0.000000165. The van der Waals surface area contributed by atoms with Crippen LogP contribution >= 0.6 is 11.6 Å². The Kier molecular flexibility index (Phi) is 4.87. The van der Waals surface area contributed by atoms with Gasteiger partial charge in [0.2, 0.25) is 0 Å². The van der Waals surface area contributed by atoms with Gasteiger partial charge in [-0.05, 0) is 26.0 Å². The second kappa shape index (κ2) is 6.19. The zero-order chi connectivity index (χ0) is 12.0. The molecular weight excluding hydrogens is 220 g/mol. The summed E-state index contributed by atoms with van der Waals surface area (Å²) in [5.74, 6) is 0.252. The molecule has 16 heavy (non-hydrogen) atoms. The maximum absolute atomic E-state index is 9.02. The molecule has 0 radical (unpaired) electrons. The largest absolute Gasteiger partial charge is 0.508 e. The fraction of sp³-hybridized carbons (Fsp3) is 0.143. The Morgan fingerprint density at radius 1 is 0.875 bits per heavy atom. The van der Waals surface area contributed by atoms with Crippen molar-refractivity contribution in [3.8, 4) is 5.75 Å².